The molecule has 6 heteroatoms. The lowest BCUT2D eigenvalue weighted by molar-refractivity contribution is -0.890. The van der Waals surface area contributed by atoms with Crippen LogP contribution < -0.4 is 0 Å². The number of unbranched alkanes of at least 4 members (excludes halogenated alkanes) is 14. The number of quaternary nitrogens is 1. The summed E-state index contributed by atoms with van der Waals surface area (Å²) in [6.07, 6.45) is 20.8. The van der Waals surface area contributed by atoms with Gasteiger partial charge in [-0.3, -0.25) is 4.18 Å². The number of hydrogen-bond donors (Lipinski definition) is 0. The van der Waals surface area contributed by atoms with E-state index in [0.29, 0.717) is 6.42 Å². The Labute approximate surface area is 175 Å². The van der Waals surface area contributed by atoms with Crippen LogP contribution in [0, 0.1) is 0 Å². The van der Waals surface area contributed by atoms with Gasteiger partial charge < -0.3 is 9.04 Å². The Hall–Kier alpha value is -0.170. The van der Waals surface area contributed by atoms with E-state index in [2.05, 4.69) is 25.2 Å². The van der Waals surface area contributed by atoms with Gasteiger partial charge in [0.1, 0.15) is 0 Å². The average molecular weight is 422 g/mol. The van der Waals surface area contributed by atoms with Crippen LogP contribution in [0.2, 0.25) is 0 Å². The van der Waals surface area contributed by atoms with Crippen LogP contribution in [0.1, 0.15) is 110 Å². The smallest absolute Gasteiger partial charge is 0.217 e. The van der Waals surface area contributed by atoms with Crippen LogP contribution in [0.15, 0.2) is 0 Å². The summed E-state index contributed by atoms with van der Waals surface area (Å²) in [6, 6.07) is 0. The lowest BCUT2D eigenvalue weighted by atomic mass is 10.0. The second-order valence-corrected chi connectivity index (χ2v) is 9.97. The summed E-state index contributed by atoms with van der Waals surface area (Å²) in [5.74, 6) is 0. The highest BCUT2D eigenvalue weighted by Gasteiger charge is 2.13. The van der Waals surface area contributed by atoms with E-state index in [0.717, 1.165) is 24.0 Å². The van der Waals surface area contributed by atoms with Crippen molar-refractivity contribution < 1.29 is 21.6 Å². The summed E-state index contributed by atoms with van der Waals surface area (Å²) >= 11 is 0. The summed E-state index contributed by atoms with van der Waals surface area (Å²) in [5, 5.41) is 0. The van der Waals surface area contributed by atoms with Gasteiger partial charge >= 0.3 is 0 Å². The molecule has 0 radical (unpaired) electrons. The van der Waals surface area contributed by atoms with Gasteiger partial charge in [-0.15, -0.1) is 0 Å². The molecule has 0 aliphatic heterocycles. The molecule has 28 heavy (non-hydrogen) atoms. The van der Waals surface area contributed by atoms with Gasteiger partial charge in [0.15, 0.2) is 0 Å². The minimum absolute atomic E-state index is 0.00465. The molecule has 0 atom stereocenters. The molecule has 0 aliphatic carbocycles. The summed E-state index contributed by atoms with van der Waals surface area (Å²) in [4.78, 5) is 0. The summed E-state index contributed by atoms with van der Waals surface area (Å²) in [7, 11) is -0.101. The van der Waals surface area contributed by atoms with Crippen LogP contribution in [0.3, 0.4) is 0 Å². The largest absolute Gasteiger partial charge is 0.726 e. The highest BCUT2D eigenvalue weighted by molar-refractivity contribution is 7.80. The van der Waals surface area contributed by atoms with Crippen molar-refractivity contribution in [2.75, 3.05) is 33.8 Å². The molecule has 0 aromatic rings. The SMILES string of the molecule is CCCCCCCCCCCCCCCC[N+](C)(C)CCCCOS(=O)(=O)[O-]. The maximum absolute atomic E-state index is 10.4. The zero-order chi connectivity index (χ0) is 21.1. The fraction of sp³-hybridized carbons (Fsp3) is 1.00. The first kappa shape index (κ1) is 27.8. The molecular formula is C22H47NO4S. The maximum Gasteiger partial charge on any atom is 0.217 e. The van der Waals surface area contributed by atoms with Gasteiger partial charge in [0.2, 0.25) is 10.4 Å². The first-order valence-electron chi connectivity index (χ1n) is 11.7. The highest BCUT2D eigenvalue weighted by Crippen LogP contribution is 2.13. The molecule has 0 bridgehead atoms. The molecule has 0 aromatic carbocycles. The Balaban J connectivity index is 3.35. The van der Waals surface area contributed by atoms with Crippen LogP contribution in [0.5, 0.6) is 0 Å². The van der Waals surface area contributed by atoms with Gasteiger partial charge in [-0.2, -0.15) is 0 Å². The third kappa shape index (κ3) is 22.1. The van der Waals surface area contributed by atoms with Crippen molar-refractivity contribution in [3.05, 3.63) is 0 Å². The van der Waals surface area contributed by atoms with E-state index in [4.69, 9.17) is 0 Å². The summed E-state index contributed by atoms with van der Waals surface area (Å²) in [5.41, 5.74) is 0. The minimum Gasteiger partial charge on any atom is -0.726 e. The molecule has 0 aliphatic rings. The zero-order valence-corrected chi connectivity index (χ0v) is 19.7. The van der Waals surface area contributed by atoms with Crippen molar-refractivity contribution in [2.45, 2.75) is 110 Å². The van der Waals surface area contributed by atoms with E-state index in [1.807, 2.05) is 0 Å². The van der Waals surface area contributed by atoms with Crippen LogP contribution in [-0.2, 0) is 14.6 Å². The third-order valence-electron chi connectivity index (χ3n) is 5.50. The zero-order valence-electron chi connectivity index (χ0n) is 18.9. The molecule has 170 valence electrons. The van der Waals surface area contributed by atoms with Gasteiger partial charge in [0.25, 0.3) is 0 Å². The molecule has 0 unspecified atom stereocenters. The normalized spacial score (nSPS) is 12.6. The molecule has 0 amide bonds. The van der Waals surface area contributed by atoms with Crippen LogP contribution in [0.4, 0.5) is 0 Å². The van der Waals surface area contributed by atoms with Crippen molar-refractivity contribution in [3.8, 4) is 0 Å². The lowest BCUT2D eigenvalue weighted by Gasteiger charge is -2.30. The Morgan fingerprint density at radius 2 is 1.00 bits per heavy atom. The monoisotopic (exact) mass is 421 g/mol. The molecule has 0 fully saturated rings. The Kier molecular flexibility index (Phi) is 17.6. The fourth-order valence-corrected chi connectivity index (χ4v) is 3.97. The Morgan fingerprint density at radius 1 is 0.643 bits per heavy atom. The highest BCUT2D eigenvalue weighted by atomic mass is 32.3. The third-order valence-corrected chi connectivity index (χ3v) is 5.96. The van der Waals surface area contributed by atoms with Crippen molar-refractivity contribution in [1.82, 2.24) is 0 Å². The van der Waals surface area contributed by atoms with E-state index in [-0.39, 0.29) is 6.61 Å². The predicted molar refractivity (Wildman–Crippen MR) is 117 cm³/mol. The molecule has 0 N–H and O–H groups in total. The van der Waals surface area contributed by atoms with Crippen LogP contribution in [0.25, 0.3) is 0 Å². The van der Waals surface area contributed by atoms with E-state index in [1.165, 1.54) is 89.9 Å². The maximum atomic E-state index is 10.4. The lowest BCUT2D eigenvalue weighted by Crippen LogP contribution is -2.41. The van der Waals surface area contributed by atoms with Gasteiger partial charge in [-0.05, 0) is 25.7 Å². The molecule has 0 rings (SSSR count). The summed E-state index contributed by atoms with van der Waals surface area (Å²) in [6.45, 7) is 4.42. The number of rotatable bonds is 21. The molecular weight excluding hydrogens is 374 g/mol. The molecule has 0 heterocycles. The van der Waals surface area contributed by atoms with E-state index in [1.54, 1.807) is 0 Å². The first-order chi connectivity index (χ1) is 13.3. The number of nitrogens with zero attached hydrogens (tertiary/aromatic N) is 1. The van der Waals surface area contributed by atoms with Crippen LogP contribution >= 0.6 is 0 Å². The molecule has 0 saturated heterocycles. The molecule has 0 spiro atoms. The van der Waals surface area contributed by atoms with Gasteiger partial charge in [-0.1, -0.05) is 84.0 Å². The second kappa shape index (κ2) is 17.7. The van der Waals surface area contributed by atoms with Crippen molar-refractivity contribution in [3.63, 3.8) is 0 Å². The quantitative estimate of drug-likeness (QED) is 0.102. The number of hydrogen-bond acceptors (Lipinski definition) is 4. The van der Waals surface area contributed by atoms with Crippen LogP contribution in [-0.4, -0.2) is 51.2 Å². The molecule has 0 aromatic heterocycles. The topological polar surface area (TPSA) is 66.4 Å². The Bertz CT molecular complexity index is 438. The summed E-state index contributed by atoms with van der Waals surface area (Å²) < 4.78 is 36.3. The fourth-order valence-electron chi connectivity index (χ4n) is 3.65. The Morgan fingerprint density at radius 3 is 1.39 bits per heavy atom. The van der Waals surface area contributed by atoms with Crippen molar-refractivity contribution in [1.29, 1.82) is 0 Å². The average Bonchev–Trinajstić information content (AvgIpc) is 2.60. The van der Waals surface area contributed by atoms with Crippen molar-refractivity contribution in [2.24, 2.45) is 0 Å². The molecule has 0 saturated carbocycles. The van der Waals surface area contributed by atoms with Crippen molar-refractivity contribution >= 4 is 10.4 Å². The van der Waals surface area contributed by atoms with E-state index in [9.17, 15) is 13.0 Å². The predicted octanol–water partition coefficient (Wildman–Crippen LogP) is 5.80. The second-order valence-electron chi connectivity index (χ2n) is 8.92. The van der Waals surface area contributed by atoms with E-state index < -0.39 is 10.4 Å². The minimum atomic E-state index is -4.53. The van der Waals surface area contributed by atoms with Gasteiger partial charge in [0.05, 0.1) is 33.8 Å². The molecule has 5 nitrogen and oxygen atoms in total. The van der Waals surface area contributed by atoms with E-state index >= 15 is 0 Å². The van der Waals surface area contributed by atoms with Gasteiger partial charge in [-0.25, -0.2) is 8.42 Å². The standard InChI is InChI=1S/C22H47NO4S/c1-4-5-6-7-8-9-10-11-12-13-14-15-16-17-20-23(2,3)21-18-19-22-27-28(24,25)26/h4-22H2,1-3H3. The van der Waals surface area contributed by atoms with Gasteiger partial charge in [0, 0.05) is 0 Å². The first-order valence-corrected chi connectivity index (χ1v) is 13.0.